The van der Waals surface area contributed by atoms with E-state index in [1.807, 2.05) is 6.07 Å². The fraction of sp³-hybridized carbons (Fsp3) is 0.567. The van der Waals surface area contributed by atoms with E-state index in [1.165, 1.54) is 81.4 Å². The molecule has 3 heteroatoms. The van der Waals surface area contributed by atoms with Crippen molar-refractivity contribution < 1.29 is 9.47 Å². The minimum Gasteiger partial charge on any atom is -0.494 e. The largest absolute Gasteiger partial charge is 0.494 e. The number of unbranched alkanes of at least 4 members (excludes halogenated alkanes) is 11. The Morgan fingerprint density at radius 1 is 0.576 bits per heavy atom. The molecule has 0 radical (unpaired) electrons. The first-order valence-electron chi connectivity index (χ1n) is 13.4. The number of nitrogens with zero attached hydrogens (tertiary/aromatic N) is 1. The van der Waals surface area contributed by atoms with Gasteiger partial charge in [-0.25, -0.2) is 4.98 Å². The molecule has 3 nitrogen and oxygen atoms in total. The fourth-order valence-electron chi connectivity index (χ4n) is 4.38. The van der Waals surface area contributed by atoms with Gasteiger partial charge in [-0.2, -0.15) is 0 Å². The molecule has 0 atom stereocenters. The molecule has 0 spiro atoms. The average Bonchev–Trinajstić information content (AvgIpc) is 2.84. The SMILES string of the molecule is CCCCCCCCCCOc1ccc2c(ccc3nc(OCCCCCCC)ccc32)c1. The predicted molar refractivity (Wildman–Crippen MR) is 142 cm³/mol. The highest BCUT2D eigenvalue weighted by Gasteiger charge is 2.06. The van der Waals surface area contributed by atoms with Crippen molar-refractivity contribution in [1.82, 2.24) is 4.98 Å². The van der Waals surface area contributed by atoms with Crippen LogP contribution >= 0.6 is 0 Å². The van der Waals surface area contributed by atoms with Crippen molar-refractivity contribution in [2.24, 2.45) is 0 Å². The van der Waals surface area contributed by atoms with Crippen molar-refractivity contribution in [2.75, 3.05) is 13.2 Å². The van der Waals surface area contributed by atoms with Crippen molar-refractivity contribution in [3.8, 4) is 11.6 Å². The Bertz CT molecular complexity index is 953. The van der Waals surface area contributed by atoms with Crippen LogP contribution in [0.5, 0.6) is 11.6 Å². The van der Waals surface area contributed by atoms with E-state index in [4.69, 9.17) is 14.5 Å². The van der Waals surface area contributed by atoms with Gasteiger partial charge >= 0.3 is 0 Å². The van der Waals surface area contributed by atoms with Gasteiger partial charge in [-0.15, -0.1) is 0 Å². The third-order valence-corrected chi connectivity index (χ3v) is 6.40. The van der Waals surface area contributed by atoms with Gasteiger partial charge in [-0.3, -0.25) is 0 Å². The van der Waals surface area contributed by atoms with Gasteiger partial charge in [0, 0.05) is 11.5 Å². The van der Waals surface area contributed by atoms with Crippen molar-refractivity contribution in [2.45, 2.75) is 97.3 Å². The predicted octanol–water partition coefficient (Wildman–Crippen LogP) is 9.26. The molecule has 1 heterocycles. The van der Waals surface area contributed by atoms with Gasteiger partial charge in [-0.1, -0.05) is 96.6 Å². The number of rotatable bonds is 17. The Hall–Kier alpha value is -2.29. The summed E-state index contributed by atoms with van der Waals surface area (Å²) in [5.74, 6) is 1.68. The molecule has 1 aromatic heterocycles. The van der Waals surface area contributed by atoms with Gasteiger partial charge in [0.15, 0.2) is 0 Å². The van der Waals surface area contributed by atoms with Crippen LogP contribution < -0.4 is 9.47 Å². The second kappa shape index (κ2) is 14.8. The molecule has 0 aliphatic rings. The standard InChI is InChI=1S/C30H43NO2/c1-3-5-7-9-10-11-13-14-22-32-26-17-18-27-25(24-26)16-20-29-28(27)19-21-30(31-29)33-23-15-12-8-6-4-2/h16-21,24H,3-15,22-23H2,1-2H3. The number of hydrogen-bond acceptors (Lipinski definition) is 3. The summed E-state index contributed by atoms with van der Waals surface area (Å²) in [4.78, 5) is 4.73. The van der Waals surface area contributed by atoms with E-state index in [2.05, 4.69) is 50.2 Å². The molecule has 0 bridgehead atoms. The molecule has 33 heavy (non-hydrogen) atoms. The van der Waals surface area contributed by atoms with E-state index in [0.29, 0.717) is 0 Å². The molecule has 0 saturated carbocycles. The third kappa shape index (κ3) is 8.53. The van der Waals surface area contributed by atoms with Crippen LogP contribution in [-0.2, 0) is 0 Å². The molecule has 0 aliphatic heterocycles. The van der Waals surface area contributed by atoms with Gasteiger partial charge in [0.05, 0.1) is 18.7 Å². The Morgan fingerprint density at radius 2 is 1.18 bits per heavy atom. The highest BCUT2D eigenvalue weighted by Crippen LogP contribution is 2.29. The fourth-order valence-corrected chi connectivity index (χ4v) is 4.38. The molecule has 3 aromatic rings. The van der Waals surface area contributed by atoms with Crippen LogP contribution in [0.4, 0.5) is 0 Å². The number of fused-ring (bicyclic) bond motifs is 3. The van der Waals surface area contributed by atoms with Crippen LogP contribution in [0.2, 0.25) is 0 Å². The van der Waals surface area contributed by atoms with Crippen molar-refractivity contribution in [3.05, 3.63) is 42.5 Å². The first kappa shape index (κ1) is 25.3. The topological polar surface area (TPSA) is 31.4 Å². The smallest absolute Gasteiger partial charge is 0.213 e. The summed E-state index contributed by atoms with van der Waals surface area (Å²) >= 11 is 0. The number of ether oxygens (including phenoxy) is 2. The summed E-state index contributed by atoms with van der Waals surface area (Å²) in [6, 6.07) is 14.8. The van der Waals surface area contributed by atoms with Gasteiger partial charge in [-0.05, 0) is 47.9 Å². The van der Waals surface area contributed by atoms with Crippen LogP contribution in [0.15, 0.2) is 42.5 Å². The molecular weight excluding hydrogens is 406 g/mol. The molecule has 180 valence electrons. The highest BCUT2D eigenvalue weighted by molar-refractivity contribution is 6.06. The second-order valence-corrected chi connectivity index (χ2v) is 9.25. The van der Waals surface area contributed by atoms with Crippen LogP contribution in [0.1, 0.15) is 97.3 Å². The van der Waals surface area contributed by atoms with Crippen LogP contribution in [0, 0.1) is 0 Å². The zero-order valence-corrected chi connectivity index (χ0v) is 20.9. The minimum atomic E-state index is 0.725. The van der Waals surface area contributed by atoms with E-state index in [0.717, 1.165) is 48.6 Å². The van der Waals surface area contributed by atoms with Gasteiger partial charge in [0.2, 0.25) is 5.88 Å². The van der Waals surface area contributed by atoms with E-state index >= 15 is 0 Å². The number of hydrogen-bond donors (Lipinski definition) is 0. The highest BCUT2D eigenvalue weighted by atomic mass is 16.5. The summed E-state index contributed by atoms with van der Waals surface area (Å²) in [5.41, 5.74) is 0.985. The lowest BCUT2D eigenvalue weighted by molar-refractivity contribution is 0.294. The van der Waals surface area contributed by atoms with Gasteiger partial charge in [0.1, 0.15) is 5.75 Å². The average molecular weight is 450 g/mol. The van der Waals surface area contributed by atoms with E-state index in [9.17, 15) is 0 Å². The lowest BCUT2D eigenvalue weighted by Crippen LogP contribution is -1.99. The van der Waals surface area contributed by atoms with E-state index in [1.54, 1.807) is 0 Å². The lowest BCUT2D eigenvalue weighted by Gasteiger charge is -2.10. The molecule has 0 saturated heterocycles. The number of pyridine rings is 1. The van der Waals surface area contributed by atoms with Crippen LogP contribution in [-0.4, -0.2) is 18.2 Å². The van der Waals surface area contributed by atoms with Crippen molar-refractivity contribution in [1.29, 1.82) is 0 Å². The maximum atomic E-state index is 6.03. The molecule has 0 aliphatic carbocycles. The monoisotopic (exact) mass is 449 g/mol. The number of benzene rings is 2. The minimum absolute atomic E-state index is 0.725. The summed E-state index contributed by atoms with van der Waals surface area (Å²) in [6.45, 7) is 6.06. The Balaban J connectivity index is 1.47. The Kier molecular flexibility index (Phi) is 11.3. The quantitative estimate of drug-likeness (QED) is 0.152. The normalized spacial score (nSPS) is 11.3. The molecule has 3 rings (SSSR count). The van der Waals surface area contributed by atoms with Crippen molar-refractivity contribution >= 4 is 21.7 Å². The van der Waals surface area contributed by atoms with Gasteiger partial charge < -0.3 is 9.47 Å². The molecule has 0 amide bonds. The van der Waals surface area contributed by atoms with Crippen molar-refractivity contribution in [3.63, 3.8) is 0 Å². The maximum Gasteiger partial charge on any atom is 0.213 e. The lowest BCUT2D eigenvalue weighted by atomic mass is 10.0. The maximum absolute atomic E-state index is 6.03. The summed E-state index contributed by atoms with van der Waals surface area (Å²) < 4.78 is 11.9. The second-order valence-electron chi connectivity index (χ2n) is 9.25. The van der Waals surface area contributed by atoms with E-state index in [-0.39, 0.29) is 0 Å². The Morgan fingerprint density at radius 3 is 1.88 bits per heavy atom. The zero-order chi connectivity index (χ0) is 23.1. The summed E-state index contributed by atoms with van der Waals surface area (Å²) in [6.07, 6.45) is 16.8. The molecule has 2 aromatic carbocycles. The molecule has 0 fully saturated rings. The third-order valence-electron chi connectivity index (χ3n) is 6.40. The first-order chi connectivity index (χ1) is 16.3. The van der Waals surface area contributed by atoms with Crippen LogP contribution in [0.25, 0.3) is 21.7 Å². The Labute approximate surface area is 200 Å². The van der Waals surface area contributed by atoms with E-state index < -0.39 is 0 Å². The van der Waals surface area contributed by atoms with Crippen LogP contribution in [0.3, 0.4) is 0 Å². The van der Waals surface area contributed by atoms with Gasteiger partial charge in [0.25, 0.3) is 0 Å². The first-order valence-corrected chi connectivity index (χ1v) is 13.4. The summed E-state index contributed by atoms with van der Waals surface area (Å²) in [5, 5.41) is 3.57. The summed E-state index contributed by atoms with van der Waals surface area (Å²) in [7, 11) is 0. The zero-order valence-electron chi connectivity index (χ0n) is 20.9. The molecular formula is C30H43NO2. The molecule has 0 N–H and O–H groups in total. The number of aromatic nitrogens is 1. The molecule has 0 unspecified atom stereocenters.